The van der Waals surface area contributed by atoms with E-state index in [1.165, 1.54) is 16.7 Å². The van der Waals surface area contributed by atoms with Crippen LogP contribution in [0.15, 0.2) is 18.2 Å². The predicted octanol–water partition coefficient (Wildman–Crippen LogP) is 1.78. The topological polar surface area (TPSA) is 57.6 Å². The van der Waals surface area contributed by atoms with Crippen LogP contribution in [0.3, 0.4) is 0 Å². The van der Waals surface area contributed by atoms with Gasteiger partial charge in [-0.15, -0.1) is 0 Å². The average Bonchev–Trinajstić information content (AvgIpc) is 2.72. The van der Waals surface area contributed by atoms with Crippen LogP contribution in [0.25, 0.3) is 0 Å². The zero-order valence-electron chi connectivity index (χ0n) is 11.3. The number of rotatable bonds is 4. The summed E-state index contributed by atoms with van der Waals surface area (Å²) in [6.07, 6.45) is 0.924. The first-order valence-electron chi connectivity index (χ1n) is 6.54. The minimum Gasteiger partial charge on any atom is -0.481 e. The highest BCUT2D eigenvalue weighted by atomic mass is 16.4. The minimum absolute atomic E-state index is 0.0438. The molecular formula is C15H19NO3. The first kappa shape index (κ1) is 13.6. The van der Waals surface area contributed by atoms with Crippen LogP contribution < -0.4 is 0 Å². The van der Waals surface area contributed by atoms with E-state index in [2.05, 4.69) is 25.1 Å². The van der Waals surface area contributed by atoms with E-state index in [-0.39, 0.29) is 12.3 Å². The fourth-order valence-electron chi connectivity index (χ4n) is 2.48. The Morgan fingerprint density at radius 2 is 2.16 bits per heavy atom. The van der Waals surface area contributed by atoms with E-state index in [0.717, 1.165) is 6.42 Å². The highest BCUT2D eigenvalue weighted by Gasteiger charge is 2.33. The number of carboxylic acid groups (broad SMARTS) is 1. The SMILES string of the molecule is Cc1ccc(C)c(CCN2C[C@@H](C(=O)O)CC2=O)c1. The maximum absolute atomic E-state index is 11.7. The van der Waals surface area contributed by atoms with Crippen molar-refractivity contribution in [2.24, 2.45) is 5.92 Å². The van der Waals surface area contributed by atoms with Gasteiger partial charge in [0.15, 0.2) is 0 Å². The standard InChI is InChI=1S/C15H19NO3/c1-10-3-4-11(2)12(7-10)5-6-16-9-13(15(18)19)8-14(16)17/h3-4,7,13H,5-6,8-9H2,1-2H3,(H,18,19)/t13-/m0/s1. The molecule has 0 aromatic heterocycles. The van der Waals surface area contributed by atoms with Gasteiger partial charge in [0.2, 0.25) is 5.91 Å². The molecule has 2 rings (SSSR count). The van der Waals surface area contributed by atoms with E-state index in [9.17, 15) is 9.59 Å². The lowest BCUT2D eigenvalue weighted by molar-refractivity contribution is -0.141. The maximum Gasteiger partial charge on any atom is 0.308 e. The molecule has 19 heavy (non-hydrogen) atoms. The molecule has 4 heteroatoms. The molecule has 1 fully saturated rings. The lowest BCUT2D eigenvalue weighted by Gasteiger charge is -2.17. The summed E-state index contributed by atoms with van der Waals surface area (Å²) in [5, 5.41) is 8.94. The molecule has 0 bridgehead atoms. The average molecular weight is 261 g/mol. The van der Waals surface area contributed by atoms with Crippen molar-refractivity contribution in [3.8, 4) is 0 Å². The maximum atomic E-state index is 11.7. The number of benzene rings is 1. The summed E-state index contributed by atoms with van der Waals surface area (Å²) in [5.41, 5.74) is 3.65. The van der Waals surface area contributed by atoms with Crippen molar-refractivity contribution in [1.82, 2.24) is 4.90 Å². The van der Waals surface area contributed by atoms with Crippen molar-refractivity contribution in [3.05, 3.63) is 34.9 Å². The Morgan fingerprint density at radius 3 is 2.79 bits per heavy atom. The first-order chi connectivity index (χ1) is 8.97. The molecule has 1 N–H and O–H groups in total. The van der Waals surface area contributed by atoms with Gasteiger partial charge in [0.05, 0.1) is 5.92 Å². The zero-order chi connectivity index (χ0) is 14.0. The van der Waals surface area contributed by atoms with Crippen LogP contribution in [0.2, 0.25) is 0 Å². The van der Waals surface area contributed by atoms with Gasteiger partial charge in [-0.05, 0) is 31.4 Å². The van der Waals surface area contributed by atoms with E-state index >= 15 is 0 Å². The van der Waals surface area contributed by atoms with Gasteiger partial charge in [-0.2, -0.15) is 0 Å². The number of carboxylic acids is 1. The number of carbonyl (C=O) groups excluding carboxylic acids is 1. The molecule has 1 aromatic rings. The quantitative estimate of drug-likeness (QED) is 0.898. The Labute approximate surface area is 113 Å². The number of aliphatic carboxylic acids is 1. The molecule has 1 aromatic carbocycles. The monoisotopic (exact) mass is 261 g/mol. The number of hydrogen-bond acceptors (Lipinski definition) is 2. The molecule has 1 aliphatic heterocycles. The number of nitrogens with zero attached hydrogens (tertiary/aromatic N) is 1. The third-order valence-electron chi connectivity index (χ3n) is 3.72. The lowest BCUT2D eigenvalue weighted by atomic mass is 10.0. The van der Waals surface area contributed by atoms with E-state index in [1.807, 2.05) is 6.92 Å². The van der Waals surface area contributed by atoms with Gasteiger partial charge >= 0.3 is 5.97 Å². The second-order valence-corrected chi connectivity index (χ2v) is 5.26. The van der Waals surface area contributed by atoms with Crippen LogP contribution in [0.4, 0.5) is 0 Å². The summed E-state index contributed by atoms with van der Waals surface area (Å²) < 4.78 is 0. The van der Waals surface area contributed by atoms with E-state index in [1.54, 1.807) is 4.90 Å². The normalized spacial score (nSPS) is 18.9. The van der Waals surface area contributed by atoms with Crippen LogP contribution in [0, 0.1) is 19.8 Å². The number of carbonyl (C=O) groups is 2. The van der Waals surface area contributed by atoms with Gasteiger partial charge in [-0.25, -0.2) is 0 Å². The van der Waals surface area contributed by atoms with Crippen molar-refractivity contribution >= 4 is 11.9 Å². The zero-order valence-corrected chi connectivity index (χ0v) is 11.3. The molecular weight excluding hydrogens is 242 g/mol. The Bertz CT molecular complexity index is 510. The molecule has 1 saturated heterocycles. The predicted molar refractivity (Wildman–Crippen MR) is 71.9 cm³/mol. The first-order valence-corrected chi connectivity index (χ1v) is 6.54. The van der Waals surface area contributed by atoms with Gasteiger partial charge in [-0.1, -0.05) is 23.8 Å². The summed E-state index contributed by atoms with van der Waals surface area (Å²) >= 11 is 0. The molecule has 4 nitrogen and oxygen atoms in total. The van der Waals surface area contributed by atoms with Gasteiger partial charge in [0.1, 0.15) is 0 Å². The third-order valence-corrected chi connectivity index (χ3v) is 3.72. The fraction of sp³-hybridized carbons (Fsp3) is 0.467. The summed E-state index contributed by atoms with van der Waals surface area (Å²) in [7, 11) is 0. The van der Waals surface area contributed by atoms with E-state index in [0.29, 0.717) is 13.1 Å². The van der Waals surface area contributed by atoms with Crippen molar-refractivity contribution < 1.29 is 14.7 Å². The Hall–Kier alpha value is -1.84. The molecule has 0 radical (unpaired) electrons. The minimum atomic E-state index is -0.873. The van der Waals surface area contributed by atoms with Gasteiger partial charge < -0.3 is 10.0 Å². The number of likely N-dealkylation sites (tertiary alicyclic amines) is 1. The Morgan fingerprint density at radius 1 is 1.42 bits per heavy atom. The van der Waals surface area contributed by atoms with Gasteiger partial charge in [0.25, 0.3) is 0 Å². The molecule has 1 heterocycles. The van der Waals surface area contributed by atoms with E-state index in [4.69, 9.17) is 5.11 Å². The summed E-state index contributed by atoms with van der Waals surface area (Å²) in [6, 6.07) is 6.28. The van der Waals surface area contributed by atoms with Gasteiger partial charge in [0, 0.05) is 19.5 Å². The van der Waals surface area contributed by atoms with Crippen LogP contribution in [0.1, 0.15) is 23.1 Å². The number of hydrogen-bond donors (Lipinski definition) is 1. The van der Waals surface area contributed by atoms with Gasteiger partial charge in [-0.3, -0.25) is 9.59 Å². The summed E-state index contributed by atoms with van der Waals surface area (Å²) in [6.45, 7) is 5.05. The van der Waals surface area contributed by atoms with Crippen LogP contribution in [-0.2, 0) is 16.0 Å². The molecule has 1 atom stereocenters. The second kappa shape index (κ2) is 5.43. The molecule has 0 saturated carbocycles. The van der Waals surface area contributed by atoms with Crippen molar-refractivity contribution in [2.75, 3.05) is 13.1 Å². The number of amides is 1. The summed E-state index contributed by atoms with van der Waals surface area (Å²) in [5.74, 6) is -1.45. The molecule has 0 spiro atoms. The smallest absolute Gasteiger partial charge is 0.308 e. The van der Waals surface area contributed by atoms with Crippen molar-refractivity contribution in [2.45, 2.75) is 26.7 Å². The van der Waals surface area contributed by atoms with Crippen LogP contribution in [0.5, 0.6) is 0 Å². The van der Waals surface area contributed by atoms with E-state index < -0.39 is 11.9 Å². The fourth-order valence-corrected chi connectivity index (χ4v) is 2.48. The third kappa shape index (κ3) is 3.13. The summed E-state index contributed by atoms with van der Waals surface area (Å²) in [4.78, 5) is 24.3. The largest absolute Gasteiger partial charge is 0.481 e. The molecule has 1 aliphatic rings. The number of aryl methyl sites for hydroxylation is 2. The van der Waals surface area contributed by atoms with Crippen molar-refractivity contribution in [3.63, 3.8) is 0 Å². The lowest BCUT2D eigenvalue weighted by Crippen LogP contribution is -2.28. The van der Waals surface area contributed by atoms with Crippen LogP contribution >= 0.6 is 0 Å². The molecule has 1 amide bonds. The Kier molecular flexibility index (Phi) is 3.88. The Balaban J connectivity index is 1.97. The molecule has 0 aliphatic carbocycles. The van der Waals surface area contributed by atoms with Crippen molar-refractivity contribution in [1.29, 1.82) is 0 Å². The molecule has 102 valence electrons. The van der Waals surface area contributed by atoms with Crippen LogP contribution in [-0.4, -0.2) is 35.0 Å². The highest BCUT2D eigenvalue weighted by Crippen LogP contribution is 2.19. The molecule has 0 unspecified atom stereocenters. The second-order valence-electron chi connectivity index (χ2n) is 5.26. The highest BCUT2D eigenvalue weighted by molar-refractivity contribution is 5.86.